The number of hydrogen-bond donors (Lipinski definition) is 1. The summed E-state index contributed by atoms with van der Waals surface area (Å²) >= 11 is 3.59. The predicted molar refractivity (Wildman–Crippen MR) is 90.4 cm³/mol. The van der Waals surface area contributed by atoms with Gasteiger partial charge in [-0.2, -0.15) is 0 Å². The van der Waals surface area contributed by atoms with Crippen molar-refractivity contribution in [1.82, 2.24) is 4.90 Å². The van der Waals surface area contributed by atoms with Crippen LogP contribution in [0, 0.1) is 0 Å². The molecular formula is C16H26BrN3. The highest BCUT2D eigenvalue weighted by atomic mass is 79.9. The summed E-state index contributed by atoms with van der Waals surface area (Å²) in [6, 6.07) is 7.25. The van der Waals surface area contributed by atoms with Gasteiger partial charge in [-0.15, -0.1) is 0 Å². The molecule has 1 heterocycles. The van der Waals surface area contributed by atoms with Crippen molar-refractivity contribution in [2.24, 2.45) is 5.73 Å². The maximum Gasteiger partial charge on any atom is 0.0411 e. The third kappa shape index (κ3) is 3.74. The summed E-state index contributed by atoms with van der Waals surface area (Å²) in [5.41, 5.74) is 8.46. The number of anilines is 1. The maximum absolute atomic E-state index is 5.74. The molecule has 112 valence electrons. The monoisotopic (exact) mass is 339 g/mol. The van der Waals surface area contributed by atoms with Crippen molar-refractivity contribution in [2.75, 3.05) is 37.6 Å². The second kappa shape index (κ2) is 7.43. The molecule has 1 unspecified atom stereocenters. The van der Waals surface area contributed by atoms with Gasteiger partial charge >= 0.3 is 0 Å². The van der Waals surface area contributed by atoms with E-state index in [-0.39, 0.29) is 0 Å². The van der Waals surface area contributed by atoms with Crippen LogP contribution < -0.4 is 10.6 Å². The second-order valence-electron chi connectivity index (χ2n) is 5.59. The van der Waals surface area contributed by atoms with Crippen LogP contribution in [0.4, 0.5) is 5.69 Å². The van der Waals surface area contributed by atoms with Gasteiger partial charge in [0.15, 0.2) is 0 Å². The average Bonchev–Trinajstić information content (AvgIpc) is 2.48. The normalized spacial score (nSPS) is 18.3. The molecule has 1 atom stereocenters. The largest absolute Gasteiger partial charge is 0.369 e. The molecule has 20 heavy (non-hydrogen) atoms. The van der Waals surface area contributed by atoms with Crippen molar-refractivity contribution in [1.29, 1.82) is 0 Å². The van der Waals surface area contributed by atoms with Crippen molar-refractivity contribution in [2.45, 2.75) is 32.7 Å². The maximum atomic E-state index is 5.74. The summed E-state index contributed by atoms with van der Waals surface area (Å²) < 4.78 is 1.15. The molecule has 2 rings (SSSR count). The van der Waals surface area contributed by atoms with Crippen LogP contribution in [0.1, 0.15) is 25.8 Å². The lowest BCUT2D eigenvalue weighted by molar-refractivity contribution is 0.192. The van der Waals surface area contributed by atoms with Crippen molar-refractivity contribution >= 4 is 21.6 Å². The van der Waals surface area contributed by atoms with E-state index in [1.807, 2.05) is 0 Å². The van der Waals surface area contributed by atoms with Crippen molar-refractivity contribution in [3.05, 3.63) is 28.2 Å². The molecule has 0 aromatic heterocycles. The molecule has 1 fully saturated rings. The number of hydrogen-bond acceptors (Lipinski definition) is 3. The lowest BCUT2D eigenvalue weighted by Crippen LogP contribution is -2.49. The highest BCUT2D eigenvalue weighted by Crippen LogP contribution is 2.27. The Kier molecular flexibility index (Phi) is 5.87. The quantitative estimate of drug-likeness (QED) is 0.895. The van der Waals surface area contributed by atoms with Crippen LogP contribution >= 0.6 is 15.9 Å². The zero-order valence-corrected chi connectivity index (χ0v) is 14.2. The summed E-state index contributed by atoms with van der Waals surface area (Å²) in [5, 5.41) is 0. The van der Waals surface area contributed by atoms with Crippen molar-refractivity contribution < 1.29 is 0 Å². The van der Waals surface area contributed by atoms with Crippen LogP contribution in [0.5, 0.6) is 0 Å². The van der Waals surface area contributed by atoms with Crippen LogP contribution in [0.15, 0.2) is 22.7 Å². The smallest absolute Gasteiger partial charge is 0.0411 e. The van der Waals surface area contributed by atoms with Crippen molar-refractivity contribution in [3.63, 3.8) is 0 Å². The summed E-state index contributed by atoms with van der Waals surface area (Å²) in [6.45, 7) is 9.84. The predicted octanol–water partition coefficient (Wildman–Crippen LogP) is 2.87. The SMILES string of the molecule is CCC(C)N1CCN(c2cc(Br)ccc2CCN)CC1. The highest BCUT2D eigenvalue weighted by molar-refractivity contribution is 9.10. The van der Waals surface area contributed by atoms with E-state index in [2.05, 4.69) is 57.8 Å². The number of nitrogens with two attached hydrogens (primary N) is 1. The van der Waals surface area contributed by atoms with Gasteiger partial charge in [-0.05, 0) is 44.0 Å². The zero-order chi connectivity index (χ0) is 14.5. The molecule has 1 aliphatic rings. The highest BCUT2D eigenvalue weighted by Gasteiger charge is 2.21. The van der Waals surface area contributed by atoms with Crippen LogP contribution in [0.3, 0.4) is 0 Å². The molecule has 1 aromatic rings. The van der Waals surface area contributed by atoms with E-state index in [0.29, 0.717) is 12.6 Å². The Labute approximate surface area is 131 Å². The van der Waals surface area contributed by atoms with Gasteiger partial charge < -0.3 is 10.6 Å². The first-order valence-corrected chi connectivity index (χ1v) is 8.42. The molecule has 4 heteroatoms. The molecule has 3 nitrogen and oxygen atoms in total. The van der Waals surface area contributed by atoms with Gasteiger partial charge in [0.05, 0.1) is 0 Å². The van der Waals surface area contributed by atoms with Crippen LogP contribution in [-0.2, 0) is 6.42 Å². The minimum atomic E-state index is 0.697. The Morgan fingerprint density at radius 1 is 1.25 bits per heavy atom. The topological polar surface area (TPSA) is 32.5 Å². The van der Waals surface area contributed by atoms with E-state index < -0.39 is 0 Å². The molecule has 2 N–H and O–H groups in total. The molecule has 0 bridgehead atoms. The lowest BCUT2D eigenvalue weighted by Gasteiger charge is -2.39. The molecule has 0 saturated carbocycles. The van der Waals surface area contributed by atoms with Gasteiger partial charge in [0, 0.05) is 42.4 Å². The summed E-state index contributed by atoms with van der Waals surface area (Å²) in [7, 11) is 0. The van der Waals surface area contributed by atoms with Crippen molar-refractivity contribution in [3.8, 4) is 0 Å². The summed E-state index contributed by atoms with van der Waals surface area (Å²) in [6.07, 6.45) is 2.18. The van der Waals surface area contributed by atoms with Gasteiger partial charge in [-0.25, -0.2) is 0 Å². The fourth-order valence-electron chi connectivity index (χ4n) is 2.86. The molecule has 0 amide bonds. The average molecular weight is 340 g/mol. The molecule has 0 radical (unpaired) electrons. The molecular weight excluding hydrogens is 314 g/mol. The van der Waals surface area contributed by atoms with Crippen LogP contribution in [0.25, 0.3) is 0 Å². The standard InChI is InChI=1S/C16H26BrN3/c1-3-13(2)19-8-10-20(11-9-19)16-12-15(17)5-4-14(16)6-7-18/h4-5,12-13H,3,6-11,18H2,1-2H3. The van der Waals surface area contributed by atoms with E-state index in [4.69, 9.17) is 5.73 Å². The number of nitrogens with zero attached hydrogens (tertiary/aromatic N) is 2. The Morgan fingerprint density at radius 2 is 1.95 bits per heavy atom. The van der Waals surface area contributed by atoms with Gasteiger partial charge in [-0.1, -0.05) is 28.9 Å². The molecule has 0 spiro atoms. The zero-order valence-electron chi connectivity index (χ0n) is 12.6. The first-order valence-electron chi connectivity index (χ1n) is 7.63. The Hall–Kier alpha value is -0.580. The van der Waals surface area contributed by atoms with Gasteiger partial charge in [-0.3, -0.25) is 4.90 Å². The Morgan fingerprint density at radius 3 is 2.55 bits per heavy atom. The second-order valence-corrected chi connectivity index (χ2v) is 6.51. The Balaban J connectivity index is 2.08. The number of benzene rings is 1. The van der Waals surface area contributed by atoms with Gasteiger partial charge in [0.2, 0.25) is 0 Å². The Bertz CT molecular complexity index is 428. The third-order valence-electron chi connectivity index (χ3n) is 4.33. The molecule has 1 aromatic carbocycles. The first kappa shape index (κ1) is 15.8. The van der Waals surface area contributed by atoms with Gasteiger partial charge in [0.1, 0.15) is 0 Å². The third-order valence-corrected chi connectivity index (χ3v) is 4.82. The summed E-state index contributed by atoms with van der Waals surface area (Å²) in [5.74, 6) is 0. The fourth-order valence-corrected chi connectivity index (χ4v) is 3.21. The number of halogens is 1. The van der Waals surface area contributed by atoms with E-state index in [0.717, 1.165) is 37.1 Å². The van der Waals surface area contributed by atoms with E-state index in [9.17, 15) is 0 Å². The number of rotatable bonds is 5. The van der Waals surface area contributed by atoms with E-state index in [1.165, 1.54) is 17.7 Å². The molecule has 1 aliphatic heterocycles. The minimum absolute atomic E-state index is 0.697. The minimum Gasteiger partial charge on any atom is -0.369 e. The summed E-state index contributed by atoms with van der Waals surface area (Å²) in [4.78, 5) is 5.10. The first-order chi connectivity index (χ1) is 9.65. The van der Waals surface area contributed by atoms with E-state index in [1.54, 1.807) is 0 Å². The molecule has 1 saturated heterocycles. The number of piperazine rings is 1. The van der Waals surface area contributed by atoms with Gasteiger partial charge in [0.25, 0.3) is 0 Å². The van der Waals surface area contributed by atoms with Crippen LogP contribution in [-0.4, -0.2) is 43.7 Å². The van der Waals surface area contributed by atoms with E-state index >= 15 is 0 Å². The lowest BCUT2D eigenvalue weighted by atomic mass is 10.1. The van der Waals surface area contributed by atoms with Crippen LogP contribution in [0.2, 0.25) is 0 Å². The fraction of sp³-hybridized carbons (Fsp3) is 0.625. The molecule has 0 aliphatic carbocycles.